The number of ether oxygens (including phenoxy) is 2. The second-order valence-electron chi connectivity index (χ2n) is 4.99. The Bertz CT molecular complexity index is 670. The highest BCUT2D eigenvalue weighted by atomic mass is 32.1. The Morgan fingerprint density at radius 2 is 2.18 bits per heavy atom. The van der Waals surface area contributed by atoms with Crippen molar-refractivity contribution in [3.8, 4) is 11.5 Å². The van der Waals surface area contributed by atoms with E-state index in [0.717, 1.165) is 29.3 Å². The van der Waals surface area contributed by atoms with Gasteiger partial charge in [-0.05, 0) is 23.6 Å². The van der Waals surface area contributed by atoms with Gasteiger partial charge in [0.15, 0.2) is 0 Å². The molecule has 0 bridgehead atoms. The van der Waals surface area contributed by atoms with Crippen molar-refractivity contribution in [2.24, 2.45) is 10.8 Å². The van der Waals surface area contributed by atoms with Gasteiger partial charge in [-0.3, -0.25) is 5.01 Å². The number of anilines is 1. The van der Waals surface area contributed by atoms with E-state index in [9.17, 15) is 0 Å². The van der Waals surface area contributed by atoms with Gasteiger partial charge in [-0.25, -0.2) is 0 Å². The van der Waals surface area contributed by atoms with E-state index >= 15 is 0 Å². The molecule has 0 spiro atoms. The Kier molecular flexibility index (Phi) is 4.31. The Morgan fingerprint density at radius 3 is 2.82 bits per heavy atom. The van der Waals surface area contributed by atoms with Gasteiger partial charge in [-0.2, -0.15) is 5.10 Å². The molecular weight excluding hydrogens is 298 g/mol. The van der Waals surface area contributed by atoms with Gasteiger partial charge in [0.05, 0.1) is 26.0 Å². The Balaban J connectivity index is 2.05. The third-order valence-corrected chi connectivity index (χ3v) is 4.69. The molecule has 22 heavy (non-hydrogen) atoms. The van der Waals surface area contributed by atoms with Crippen LogP contribution in [-0.4, -0.2) is 26.5 Å². The lowest BCUT2D eigenvalue weighted by Gasteiger charge is -2.24. The first-order valence-electron chi connectivity index (χ1n) is 7.08. The molecule has 1 aliphatic rings. The summed E-state index contributed by atoms with van der Waals surface area (Å²) in [6.45, 7) is 0.463. The Labute approximate surface area is 134 Å². The van der Waals surface area contributed by atoms with Crippen molar-refractivity contribution in [2.75, 3.05) is 25.8 Å². The highest BCUT2D eigenvalue weighted by molar-refractivity contribution is 7.10. The van der Waals surface area contributed by atoms with Crippen LogP contribution in [0.15, 0.2) is 40.8 Å². The maximum absolute atomic E-state index is 5.81. The molecule has 1 atom stereocenters. The molecule has 0 saturated heterocycles. The molecule has 1 aromatic carbocycles. The second kappa shape index (κ2) is 6.37. The molecule has 0 fully saturated rings. The predicted molar refractivity (Wildman–Crippen MR) is 90.2 cm³/mol. The molecule has 0 aliphatic carbocycles. The average molecular weight is 317 g/mol. The smallest absolute Gasteiger partial charge is 0.144 e. The highest BCUT2D eigenvalue weighted by Gasteiger charge is 2.31. The first-order chi connectivity index (χ1) is 10.8. The summed E-state index contributed by atoms with van der Waals surface area (Å²) < 4.78 is 10.8. The van der Waals surface area contributed by atoms with Crippen LogP contribution in [0.25, 0.3) is 0 Å². The second-order valence-corrected chi connectivity index (χ2v) is 5.97. The van der Waals surface area contributed by atoms with Crippen LogP contribution in [-0.2, 0) is 0 Å². The monoisotopic (exact) mass is 317 g/mol. The van der Waals surface area contributed by atoms with Crippen LogP contribution >= 0.6 is 11.3 Å². The fourth-order valence-electron chi connectivity index (χ4n) is 2.60. The van der Waals surface area contributed by atoms with Crippen LogP contribution in [0.3, 0.4) is 0 Å². The molecule has 6 heteroatoms. The molecule has 0 radical (unpaired) electrons. The van der Waals surface area contributed by atoms with E-state index in [2.05, 4.69) is 17.5 Å². The fourth-order valence-corrected chi connectivity index (χ4v) is 3.41. The Morgan fingerprint density at radius 1 is 1.32 bits per heavy atom. The van der Waals surface area contributed by atoms with Crippen molar-refractivity contribution >= 4 is 22.7 Å². The lowest BCUT2D eigenvalue weighted by molar-refractivity contribution is 0.402. The van der Waals surface area contributed by atoms with E-state index in [0.29, 0.717) is 6.54 Å². The van der Waals surface area contributed by atoms with Crippen molar-refractivity contribution in [1.29, 1.82) is 0 Å². The molecule has 2 N–H and O–H groups in total. The number of methoxy groups -OCH3 is 2. The Hall–Kier alpha value is -2.05. The molecule has 3 rings (SSSR count). The highest BCUT2D eigenvalue weighted by Crippen LogP contribution is 2.42. The summed E-state index contributed by atoms with van der Waals surface area (Å²) in [5.41, 5.74) is 7.69. The number of thiophene rings is 1. The van der Waals surface area contributed by atoms with Crippen molar-refractivity contribution in [2.45, 2.75) is 12.5 Å². The molecule has 2 heterocycles. The van der Waals surface area contributed by atoms with Gasteiger partial charge in [0.2, 0.25) is 0 Å². The zero-order chi connectivity index (χ0) is 15.5. The lowest BCUT2D eigenvalue weighted by atomic mass is 10.1. The molecule has 116 valence electrons. The maximum atomic E-state index is 5.81. The molecule has 5 nitrogen and oxygen atoms in total. The van der Waals surface area contributed by atoms with Gasteiger partial charge in [0.25, 0.3) is 0 Å². The molecule has 0 saturated carbocycles. The van der Waals surface area contributed by atoms with Gasteiger partial charge in [0.1, 0.15) is 17.2 Å². The summed E-state index contributed by atoms with van der Waals surface area (Å²) in [5, 5.41) is 8.77. The number of nitrogens with two attached hydrogens (primary N) is 1. The van der Waals surface area contributed by atoms with Crippen LogP contribution in [0.1, 0.15) is 17.3 Å². The van der Waals surface area contributed by atoms with Gasteiger partial charge >= 0.3 is 0 Å². The van der Waals surface area contributed by atoms with Crippen molar-refractivity contribution in [3.63, 3.8) is 0 Å². The fraction of sp³-hybridized carbons (Fsp3) is 0.312. The van der Waals surface area contributed by atoms with Crippen LogP contribution in [0.4, 0.5) is 5.69 Å². The summed E-state index contributed by atoms with van der Waals surface area (Å²) in [6.07, 6.45) is 0.831. The normalized spacial score (nSPS) is 17.5. The van der Waals surface area contributed by atoms with Crippen molar-refractivity contribution in [1.82, 2.24) is 0 Å². The molecule has 1 unspecified atom stereocenters. The van der Waals surface area contributed by atoms with Crippen molar-refractivity contribution < 1.29 is 9.47 Å². The molecule has 1 aromatic heterocycles. The van der Waals surface area contributed by atoms with E-state index in [1.54, 1.807) is 25.6 Å². The van der Waals surface area contributed by atoms with Gasteiger partial charge in [-0.1, -0.05) is 6.07 Å². The summed E-state index contributed by atoms with van der Waals surface area (Å²) in [6, 6.07) is 10.1. The number of rotatable bonds is 5. The van der Waals surface area contributed by atoms with Gasteiger partial charge in [-0.15, -0.1) is 11.3 Å². The maximum Gasteiger partial charge on any atom is 0.144 e. The van der Waals surface area contributed by atoms with E-state index < -0.39 is 0 Å². The van der Waals surface area contributed by atoms with Gasteiger partial charge < -0.3 is 15.2 Å². The van der Waals surface area contributed by atoms with Crippen LogP contribution < -0.4 is 20.2 Å². The third-order valence-electron chi connectivity index (χ3n) is 3.71. The summed E-state index contributed by atoms with van der Waals surface area (Å²) in [5.74, 6) is 1.54. The largest absolute Gasteiger partial charge is 0.497 e. The lowest BCUT2D eigenvalue weighted by Crippen LogP contribution is -2.18. The number of nitrogens with zero attached hydrogens (tertiary/aromatic N) is 2. The number of hydrogen-bond donors (Lipinski definition) is 1. The summed E-state index contributed by atoms with van der Waals surface area (Å²) in [4.78, 5) is 1.26. The molecule has 1 aliphatic heterocycles. The minimum atomic E-state index is 0.152. The zero-order valence-electron chi connectivity index (χ0n) is 12.7. The zero-order valence-corrected chi connectivity index (χ0v) is 13.5. The molecule has 0 amide bonds. The predicted octanol–water partition coefficient (Wildman–Crippen LogP) is 3.03. The summed E-state index contributed by atoms with van der Waals surface area (Å²) >= 11 is 1.73. The van der Waals surface area contributed by atoms with Crippen molar-refractivity contribution in [3.05, 3.63) is 40.6 Å². The van der Waals surface area contributed by atoms with Crippen LogP contribution in [0, 0.1) is 0 Å². The number of hydrazone groups is 1. The first kappa shape index (κ1) is 14.9. The number of hydrogen-bond acceptors (Lipinski definition) is 6. The third kappa shape index (κ3) is 2.67. The molecular formula is C16H19N3O2S. The molecule has 2 aromatic rings. The topological polar surface area (TPSA) is 60.1 Å². The number of benzene rings is 1. The van der Waals surface area contributed by atoms with E-state index in [4.69, 9.17) is 20.3 Å². The summed E-state index contributed by atoms with van der Waals surface area (Å²) in [7, 11) is 3.32. The standard InChI is InChI=1S/C16H19N3O2S/c1-20-12-5-6-15(21-2)13(9-12)19-14(8-11(10-17)18-19)16-4-3-7-22-16/h3-7,9,14H,8,10,17H2,1-2H3. The van der Waals surface area contributed by atoms with E-state index in [1.807, 2.05) is 23.2 Å². The van der Waals surface area contributed by atoms with Gasteiger partial charge in [0, 0.05) is 23.9 Å². The average Bonchev–Trinajstić information content (AvgIpc) is 3.22. The van der Waals surface area contributed by atoms with Crippen LogP contribution in [0.5, 0.6) is 11.5 Å². The minimum absolute atomic E-state index is 0.152. The van der Waals surface area contributed by atoms with Crippen LogP contribution in [0.2, 0.25) is 0 Å². The minimum Gasteiger partial charge on any atom is -0.497 e. The van der Waals surface area contributed by atoms with E-state index in [1.165, 1.54) is 4.88 Å². The van der Waals surface area contributed by atoms with E-state index in [-0.39, 0.29) is 6.04 Å². The SMILES string of the molecule is COc1ccc(OC)c(N2N=C(CN)CC2c2cccs2)c1. The quantitative estimate of drug-likeness (QED) is 0.921. The first-order valence-corrected chi connectivity index (χ1v) is 7.96.